The van der Waals surface area contributed by atoms with E-state index in [2.05, 4.69) is 0 Å². The van der Waals surface area contributed by atoms with Crippen molar-refractivity contribution in [1.29, 1.82) is 0 Å². The topological polar surface area (TPSA) is 60.2 Å². The zero-order valence-electron chi connectivity index (χ0n) is 7.75. The molecule has 0 spiro atoms. The van der Waals surface area contributed by atoms with Crippen LogP contribution in [0.25, 0.3) is 0 Å². The Hall–Kier alpha value is -0.0900. The Labute approximate surface area is 75.3 Å². The molecule has 0 amide bonds. The van der Waals surface area contributed by atoms with Gasteiger partial charge in [0.25, 0.3) is 0 Å². The van der Waals surface area contributed by atoms with Crippen molar-refractivity contribution in [3.63, 3.8) is 0 Å². The zero-order valence-corrected chi connectivity index (χ0v) is 8.57. The van der Waals surface area contributed by atoms with Crippen LogP contribution >= 0.6 is 0 Å². The third kappa shape index (κ3) is 6.61. The highest BCUT2D eigenvalue weighted by molar-refractivity contribution is 7.91. The molecular formula is C8H19NO2S. The maximum atomic E-state index is 11.0. The first-order chi connectivity index (χ1) is 5.62. The van der Waals surface area contributed by atoms with Crippen molar-refractivity contribution < 1.29 is 8.42 Å². The highest BCUT2D eigenvalue weighted by Crippen LogP contribution is 2.02. The molecule has 0 radical (unpaired) electrons. The highest BCUT2D eigenvalue weighted by Gasteiger charge is 2.05. The molecule has 0 rings (SSSR count). The lowest BCUT2D eigenvalue weighted by molar-refractivity contribution is 0.589. The molecule has 0 heterocycles. The second-order valence-electron chi connectivity index (χ2n) is 2.94. The molecule has 4 heteroatoms. The number of hydrogen-bond acceptors (Lipinski definition) is 3. The summed E-state index contributed by atoms with van der Waals surface area (Å²) in [7, 11) is -2.74. The van der Waals surface area contributed by atoms with E-state index in [1.54, 1.807) is 6.92 Å². The van der Waals surface area contributed by atoms with Crippen molar-refractivity contribution in [2.45, 2.75) is 32.6 Å². The van der Waals surface area contributed by atoms with E-state index in [9.17, 15) is 8.42 Å². The molecule has 0 saturated carbocycles. The fourth-order valence-electron chi connectivity index (χ4n) is 0.964. The lowest BCUT2D eigenvalue weighted by Gasteiger charge is -2.00. The minimum absolute atomic E-state index is 0.268. The summed E-state index contributed by atoms with van der Waals surface area (Å²) in [5.41, 5.74) is 5.30. The van der Waals surface area contributed by atoms with Gasteiger partial charge in [-0.2, -0.15) is 0 Å². The van der Waals surface area contributed by atoms with Crippen LogP contribution in [0.4, 0.5) is 0 Å². The average molecular weight is 193 g/mol. The fourth-order valence-corrected chi connectivity index (χ4v) is 1.90. The van der Waals surface area contributed by atoms with Crippen LogP contribution < -0.4 is 5.73 Å². The molecule has 0 bridgehead atoms. The molecule has 0 aromatic rings. The van der Waals surface area contributed by atoms with Gasteiger partial charge in [-0.15, -0.1) is 0 Å². The summed E-state index contributed by atoms with van der Waals surface area (Å²) in [5, 5.41) is 0. The van der Waals surface area contributed by atoms with Crippen molar-refractivity contribution in [3.05, 3.63) is 0 Å². The Bertz CT molecular complexity index is 187. The summed E-state index contributed by atoms with van der Waals surface area (Å²) in [6.45, 7) is 2.40. The van der Waals surface area contributed by atoms with E-state index in [1.807, 2.05) is 0 Å². The van der Waals surface area contributed by atoms with Crippen LogP contribution in [0.1, 0.15) is 32.6 Å². The largest absolute Gasteiger partial charge is 0.330 e. The lowest BCUT2D eigenvalue weighted by atomic mass is 10.2. The second kappa shape index (κ2) is 6.43. The summed E-state index contributed by atoms with van der Waals surface area (Å²) in [5.74, 6) is 0.609. The van der Waals surface area contributed by atoms with Gasteiger partial charge in [0.2, 0.25) is 0 Å². The van der Waals surface area contributed by atoms with E-state index in [1.165, 1.54) is 0 Å². The fraction of sp³-hybridized carbons (Fsp3) is 1.00. The molecule has 0 aliphatic carbocycles. The number of unbranched alkanes of at least 4 members (excludes halogenated alkanes) is 3. The molecule has 12 heavy (non-hydrogen) atoms. The van der Waals surface area contributed by atoms with Crippen LogP contribution in [-0.2, 0) is 9.84 Å². The number of nitrogens with two attached hydrogens (primary N) is 1. The Morgan fingerprint density at radius 1 is 1.08 bits per heavy atom. The maximum absolute atomic E-state index is 11.0. The Kier molecular flexibility index (Phi) is 6.38. The van der Waals surface area contributed by atoms with Crippen LogP contribution in [0, 0.1) is 0 Å². The summed E-state index contributed by atoms with van der Waals surface area (Å²) < 4.78 is 22.0. The summed E-state index contributed by atoms with van der Waals surface area (Å²) >= 11 is 0. The van der Waals surface area contributed by atoms with Crippen LogP contribution in [0.2, 0.25) is 0 Å². The monoisotopic (exact) mass is 193 g/mol. The van der Waals surface area contributed by atoms with Gasteiger partial charge in [-0.3, -0.25) is 0 Å². The van der Waals surface area contributed by atoms with Crippen LogP contribution in [0.5, 0.6) is 0 Å². The first-order valence-corrected chi connectivity index (χ1v) is 6.35. The number of rotatable bonds is 7. The normalized spacial score (nSPS) is 11.8. The van der Waals surface area contributed by atoms with Crippen molar-refractivity contribution in [2.75, 3.05) is 18.1 Å². The van der Waals surface area contributed by atoms with E-state index in [0.29, 0.717) is 12.3 Å². The van der Waals surface area contributed by atoms with Gasteiger partial charge in [-0.05, 0) is 19.4 Å². The predicted molar refractivity (Wildman–Crippen MR) is 51.9 cm³/mol. The number of hydrogen-bond donors (Lipinski definition) is 1. The number of sulfone groups is 1. The minimum atomic E-state index is -2.74. The zero-order chi connectivity index (χ0) is 9.45. The Morgan fingerprint density at radius 3 is 2.17 bits per heavy atom. The average Bonchev–Trinajstić information content (AvgIpc) is 2.04. The van der Waals surface area contributed by atoms with Gasteiger partial charge in [0.1, 0.15) is 9.84 Å². The van der Waals surface area contributed by atoms with Crippen LogP contribution in [-0.4, -0.2) is 26.5 Å². The summed E-state index contributed by atoms with van der Waals surface area (Å²) in [6, 6.07) is 0. The lowest BCUT2D eigenvalue weighted by Crippen LogP contribution is -2.08. The minimum Gasteiger partial charge on any atom is -0.330 e. The summed E-state index contributed by atoms with van der Waals surface area (Å²) in [6.07, 6.45) is 3.83. The molecule has 0 aliphatic heterocycles. The predicted octanol–water partition coefficient (Wildman–Crippen LogP) is 0.940. The van der Waals surface area contributed by atoms with Gasteiger partial charge >= 0.3 is 0 Å². The maximum Gasteiger partial charge on any atom is 0.150 e. The van der Waals surface area contributed by atoms with E-state index in [0.717, 1.165) is 25.7 Å². The quantitative estimate of drug-likeness (QED) is 0.612. The van der Waals surface area contributed by atoms with Crippen molar-refractivity contribution in [1.82, 2.24) is 0 Å². The van der Waals surface area contributed by atoms with E-state index in [-0.39, 0.29) is 5.75 Å². The van der Waals surface area contributed by atoms with Gasteiger partial charge < -0.3 is 5.73 Å². The van der Waals surface area contributed by atoms with Crippen LogP contribution in [0.15, 0.2) is 0 Å². The standard InChI is InChI=1S/C8H19NO2S/c1-2-12(10,11)8-6-4-3-5-7-9/h2-9H2,1H3. The van der Waals surface area contributed by atoms with E-state index < -0.39 is 9.84 Å². The Morgan fingerprint density at radius 2 is 1.67 bits per heavy atom. The van der Waals surface area contributed by atoms with Gasteiger partial charge in [-0.1, -0.05) is 19.8 Å². The smallest absolute Gasteiger partial charge is 0.150 e. The SMILES string of the molecule is CCS(=O)(=O)CCCCCCN. The summed E-state index contributed by atoms with van der Waals surface area (Å²) in [4.78, 5) is 0. The first-order valence-electron chi connectivity index (χ1n) is 4.53. The van der Waals surface area contributed by atoms with E-state index in [4.69, 9.17) is 5.73 Å². The molecular weight excluding hydrogens is 174 g/mol. The highest BCUT2D eigenvalue weighted by atomic mass is 32.2. The first kappa shape index (κ1) is 11.9. The third-order valence-electron chi connectivity index (χ3n) is 1.85. The molecule has 0 aliphatic rings. The molecule has 3 nitrogen and oxygen atoms in total. The van der Waals surface area contributed by atoms with Crippen molar-refractivity contribution in [2.24, 2.45) is 5.73 Å². The van der Waals surface area contributed by atoms with Crippen LogP contribution in [0.3, 0.4) is 0 Å². The van der Waals surface area contributed by atoms with Crippen molar-refractivity contribution in [3.8, 4) is 0 Å². The Balaban J connectivity index is 3.32. The van der Waals surface area contributed by atoms with Crippen molar-refractivity contribution >= 4 is 9.84 Å². The molecule has 0 unspecified atom stereocenters. The van der Waals surface area contributed by atoms with Gasteiger partial charge in [0.05, 0.1) is 5.75 Å². The molecule has 0 atom stereocenters. The molecule has 74 valence electrons. The second-order valence-corrected chi connectivity index (χ2v) is 5.41. The van der Waals surface area contributed by atoms with E-state index >= 15 is 0 Å². The van der Waals surface area contributed by atoms with Gasteiger partial charge in [0.15, 0.2) is 0 Å². The molecule has 2 N–H and O–H groups in total. The third-order valence-corrected chi connectivity index (χ3v) is 3.64. The molecule has 0 fully saturated rings. The molecule has 0 aromatic heterocycles. The molecule has 0 aromatic carbocycles. The molecule has 0 saturated heterocycles. The van der Waals surface area contributed by atoms with Gasteiger partial charge in [0, 0.05) is 5.75 Å². The van der Waals surface area contributed by atoms with Gasteiger partial charge in [-0.25, -0.2) is 8.42 Å².